The molecule has 8 heteroatoms. The van der Waals surface area contributed by atoms with Crippen molar-refractivity contribution in [1.29, 1.82) is 0 Å². The van der Waals surface area contributed by atoms with E-state index in [1.807, 2.05) is 44.2 Å². The highest BCUT2D eigenvalue weighted by Crippen LogP contribution is 2.28. The normalized spacial score (nSPS) is 16.8. The van der Waals surface area contributed by atoms with Gasteiger partial charge in [0.2, 0.25) is 10.0 Å². The molecule has 1 fully saturated rings. The molecule has 1 heterocycles. The molecule has 1 aliphatic rings. The highest BCUT2D eigenvalue weighted by Gasteiger charge is 2.36. The summed E-state index contributed by atoms with van der Waals surface area (Å²) in [7, 11) is -3.68. The van der Waals surface area contributed by atoms with E-state index >= 15 is 0 Å². The number of nitrogens with one attached hydrogen (secondary N) is 2. The summed E-state index contributed by atoms with van der Waals surface area (Å²) in [6, 6.07) is 12.6. The van der Waals surface area contributed by atoms with Crippen molar-refractivity contribution in [2.24, 2.45) is 0 Å². The fraction of sp³-hybridized carbons (Fsp3) is 0.391. The first-order chi connectivity index (χ1) is 14.7. The molecule has 31 heavy (non-hydrogen) atoms. The molecule has 3 rings (SSSR count). The molecular formula is C23H29N3O4S. The molecule has 1 aliphatic heterocycles. The fourth-order valence-corrected chi connectivity index (χ4v) is 5.80. The fourth-order valence-electron chi connectivity index (χ4n) is 3.80. The monoisotopic (exact) mass is 443 g/mol. The maximum atomic E-state index is 13.2. The van der Waals surface area contributed by atoms with Crippen molar-refractivity contribution in [3.05, 3.63) is 64.7 Å². The van der Waals surface area contributed by atoms with Crippen LogP contribution in [0.3, 0.4) is 0 Å². The van der Waals surface area contributed by atoms with Gasteiger partial charge in [-0.1, -0.05) is 36.4 Å². The molecule has 2 amide bonds. The van der Waals surface area contributed by atoms with Gasteiger partial charge < -0.3 is 10.6 Å². The van der Waals surface area contributed by atoms with E-state index in [0.717, 1.165) is 16.7 Å². The van der Waals surface area contributed by atoms with Crippen molar-refractivity contribution in [3.63, 3.8) is 0 Å². The Hall–Kier alpha value is -2.71. The lowest BCUT2D eigenvalue weighted by atomic mass is 10.1. The van der Waals surface area contributed by atoms with Crippen LogP contribution in [0.4, 0.5) is 0 Å². The van der Waals surface area contributed by atoms with E-state index in [1.54, 1.807) is 19.1 Å². The largest absolute Gasteiger partial charge is 0.346 e. The predicted molar refractivity (Wildman–Crippen MR) is 119 cm³/mol. The molecular weight excluding hydrogens is 414 g/mol. The van der Waals surface area contributed by atoms with Crippen molar-refractivity contribution in [1.82, 2.24) is 14.9 Å². The molecule has 0 spiro atoms. The van der Waals surface area contributed by atoms with Crippen LogP contribution in [0.25, 0.3) is 0 Å². The quantitative estimate of drug-likeness (QED) is 0.669. The number of benzene rings is 2. The van der Waals surface area contributed by atoms with Crippen LogP contribution in [0.2, 0.25) is 0 Å². The third kappa shape index (κ3) is 5.32. The summed E-state index contributed by atoms with van der Waals surface area (Å²) in [6.45, 7) is 6.33. The number of nitrogens with zero attached hydrogens (tertiary/aromatic N) is 1. The summed E-state index contributed by atoms with van der Waals surface area (Å²) >= 11 is 0. The SMILES string of the molecule is Cc1ccc(C)c(S(=O)(=O)N2CCC[C@H]2CNC(=O)C(=O)NCc2ccccc2C)c1. The van der Waals surface area contributed by atoms with Gasteiger partial charge in [-0.2, -0.15) is 4.31 Å². The van der Waals surface area contributed by atoms with Gasteiger partial charge in [0.05, 0.1) is 4.90 Å². The molecule has 0 unspecified atom stereocenters. The van der Waals surface area contributed by atoms with Gasteiger partial charge in [0.15, 0.2) is 0 Å². The molecule has 2 N–H and O–H groups in total. The first kappa shape index (κ1) is 23.0. The number of hydrogen-bond acceptors (Lipinski definition) is 4. The van der Waals surface area contributed by atoms with Gasteiger partial charge in [0.25, 0.3) is 0 Å². The minimum Gasteiger partial charge on any atom is -0.346 e. The lowest BCUT2D eigenvalue weighted by molar-refractivity contribution is -0.139. The Labute approximate surface area is 183 Å². The van der Waals surface area contributed by atoms with Gasteiger partial charge in [-0.05, 0) is 61.9 Å². The summed E-state index contributed by atoms with van der Waals surface area (Å²) in [6.07, 6.45) is 1.35. The summed E-state index contributed by atoms with van der Waals surface area (Å²) < 4.78 is 27.9. The molecule has 1 saturated heterocycles. The smallest absolute Gasteiger partial charge is 0.309 e. The van der Waals surface area contributed by atoms with E-state index in [0.29, 0.717) is 29.8 Å². The van der Waals surface area contributed by atoms with Gasteiger partial charge in [0.1, 0.15) is 0 Å². The van der Waals surface area contributed by atoms with Crippen LogP contribution >= 0.6 is 0 Å². The Morgan fingerprint density at radius 2 is 1.71 bits per heavy atom. The standard InChI is InChI=1S/C23H29N3O4S/c1-16-10-11-18(3)21(13-16)31(29,30)26-12-6-9-20(26)15-25-23(28)22(27)24-14-19-8-5-4-7-17(19)2/h4-5,7-8,10-11,13,20H,6,9,12,14-15H2,1-3H3,(H,24,27)(H,25,28)/t20-/m0/s1. The maximum Gasteiger partial charge on any atom is 0.309 e. The molecule has 2 aromatic carbocycles. The van der Waals surface area contributed by atoms with E-state index in [4.69, 9.17) is 0 Å². The molecule has 1 atom stereocenters. The highest BCUT2D eigenvalue weighted by atomic mass is 32.2. The van der Waals surface area contributed by atoms with Crippen LogP contribution in [0.5, 0.6) is 0 Å². The molecule has 166 valence electrons. The van der Waals surface area contributed by atoms with Crippen molar-refractivity contribution < 1.29 is 18.0 Å². The van der Waals surface area contributed by atoms with Crippen molar-refractivity contribution in [2.75, 3.05) is 13.1 Å². The summed E-state index contributed by atoms with van der Waals surface area (Å²) in [5.74, 6) is -1.49. The minimum absolute atomic E-state index is 0.0979. The third-order valence-electron chi connectivity index (χ3n) is 5.66. The summed E-state index contributed by atoms with van der Waals surface area (Å²) in [5.41, 5.74) is 3.53. The number of rotatable bonds is 6. The summed E-state index contributed by atoms with van der Waals surface area (Å²) in [4.78, 5) is 24.7. The Kier molecular flexibility index (Phi) is 7.12. The predicted octanol–water partition coefficient (Wildman–Crippen LogP) is 2.20. The molecule has 0 bridgehead atoms. The molecule has 0 aromatic heterocycles. The third-order valence-corrected chi connectivity index (χ3v) is 7.75. The zero-order chi connectivity index (χ0) is 22.6. The van der Waals surface area contributed by atoms with E-state index in [-0.39, 0.29) is 19.1 Å². The van der Waals surface area contributed by atoms with Gasteiger partial charge >= 0.3 is 11.8 Å². The minimum atomic E-state index is -3.68. The average molecular weight is 444 g/mol. The Morgan fingerprint density at radius 1 is 1.00 bits per heavy atom. The number of hydrogen-bond donors (Lipinski definition) is 2. The van der Waals surface area contributed by atoms with E-state index in [9.17, 15) is 18.0 Å². The Bertz CT molecular complexity index is 1080. The van der Waals surface area contributed by atoms with Gasteiger partial charge in [-0.25, -0.2) is 8.42 Å². The van der Waals surface area contributed by atoms with Crippen LogP contribution in [0.1, 0.15) is 35.1 Å². The van der Waals surface area contributed by atoms with Gasteiger partial charge in [-0.15, -0.1) is 0 Å². The molecule has 0 radical (unpaired) electrons. The number of carbonyl (C=O) groups is 2. The first-order valence-corrected chi connectivity index (χ1v) is 11.8. The highest BCUT2D eigenvalue weighted by molar-refractivity contribution is 7.89. The van der Waals surface area contributed by atoms with Crippen molar-refractivity contribution in [2.45, 2.75) is 51.1 Å². The Balaban J connectivity index is 1.60. The molecule has 7 nitrogen and oxygen atoms in total. The zero-order valence-corrected chi connectivity index (χ0v) is 19.0. The van der Waals surface area contributed by atoms with Crippen LogP contribution < -0.4 is 10.6 Å². The van der Waals surface area contributed by atoms with Crippen LogP contribution in [0.15, 0.2) is 47.4 Å². The van der Waals surface area contributed by atoms with Crippen molar-refractivity contribution in [3.8, 4) is 0 Å². The van der Waals surface area contributed by atoms with Crippen LogP contribution in [-0.2, 0) is 26.2 Å². The lowest BCUT2D eigenvalue weighted by Gasteiger charge is -2.25. The number of aryl methyl sites for hydroxylation is 3. The lowest BCUT2D eigenvalue weighted by Crippen LogP contribution is -2.47. The zero-order valence-electron chi connectivity index (χ0n) is 18.1. The second-order valence-corrected chi connectivity index (χ2v) is 9.86. The molecule has 0 aliphatic carbocycles. The number of amides is 2. The van der Waals surface area contributed by atoms with E-state index in [1.165, 1.54) is 4.31 Å². The average Bonchev–Trinajstić information content (AvgIpc) is 3.22. The molecule has 0 saturated carbocycles. The van der Waals surface area contributed by atoms with Crippen molar-refractivity contribution >= 4 is 21.8 Å². The van der Waals surface area contributed by atoms with E-state index in [2.05, 4.69) is 10.6 Å². The van der Waals surface area contributed by atoms with Gasteiger partial charge in [-0.3, -0.25) is 9.59 Å². The number of carbonyl (C=O) groups excluding carboxylic acids is 2. The maximum absolute atomic E-state index is 13.2. The van der Waals surface area contributed by atoms with E-state index < -0.39 is 21.8 Å². The van der Waals surface area contributed by atoms with Crippen LogP contribution in [-0.4, -0.2) is 43.7 Å². The second-order valence-electron chi connectivity index (χ2n) is 8.00. The Morgan fingerprint density at radius 3 is 2.45 bits per heavy atom. The van der Waals surface area contributed by atoms with Gasteiger partial charge in [0, 0.05) is 25.7 Å². The number of sulfonamides is 1. The molecule has 2 aromatic rings. The second kappa shape index (κ2) is 9.62. The first-order valence-electron chi connectivity index (χ1n) is 10.4. The summed E-state index contributed by atoms with van der Waals surface area (Å²) in [5, 5.41) is 5.21. The van der Waals surface area contributed by atoms with Crippen LogP contribution in [0, 0.1) is 20.8 Å². The topological polar surface area (TPSA) is 95.6 Å².